The topological polar surface area (TPSA) is 140 Å². The van der Waals surface area contributed by atoms with Crippen LogP contribution < -0.4 is 21.1 Å². The third-order valence-electron chi connectivity index (χ3n) is 5.15. The van der Waals surface area contributed by atoms with Crippen molar-refractivity contribution in [2.24, 2.45) is 5.73 Å². The number of nitrogens with two attached hydrogens (primary N) is 1. The first-order valence-corrected chi connectivity index (χ1v) is 10.4. The molecule has 0 bridgehead atoms. The van der Waals surface area contributed by atoms with Crippen LogP contribution in [0.1, 0.15) is 41.6 Å². The van der Waals surface area contributed by atoms with E-state index in [-0.39, 0.29) is 37.3 Å². The normalized spacial score (nSPS) is 18.0. The van der Waals surface area contributed by atoms with Crippen LogP contribution >= 0.6 is 0 Å². The molecule has 4 amide bonds. The van der Waals surface area contributed by atoms with Crippen molar-refractivity contribution in [3.8, 4) is 5.75 Å². The molecule has 2 aliphatic rings. The number of carbonyl (C=O) groups excluding carboxylic acids is 4. The van der Waals surface area contributed by atoms with Gasteiger partial charge in [0.05, 0.1) is 0 Å². The summed E-state index contributed by atoms with van der Waals surface area (Å²) in [6.07, 6.45) is 2.04. The molecule has 1 aromatic carbocycles. The number of piperidine rings is 1. The maximum absolute atomic E-state index is 12.7. The maximum Gasteiger partial charge on any atom is 0.257 e. The first-order valence-electron chi connectivity index (χ1n) is 10.4. The fraction of sp³-hybridized carbons (Fsp3) is 0.524. The van der Waals surface area contributed by atoms with Gasteiger partial charge in [-0.15, -0.1) is 0 Å². The van der Waals surface area contributed by atoms with Gasteiger partial charge in [0.15, 0.2) is 6.61 Å². The maximum atomic E-state index is 12.7. The number of imide groups is 1. The molecular formula is C21H28N4O6. The average molecular weight is 432 g/mol. The quantitative estimate of drug-likeness (QED) is 0.322. The molecule has 10 heteroatoms. The Hall–Kier alpha value is -2.98. The lowest BCUT2D eigenvalue weighted by Gasteiger charge is -2.29. The van der Waals surface area contributed by atoms with Gasteiger partial charge < -0.3 is 25.4 Å². The molecule has 4 N–H and O–H groups in total. The molecule has 0 radical (unpaired) electrons. The van der Waals surface area contributed by atoms with E-state index < -0.39 is 11.9 Å². The zero-order valence-electron chi connectivity index (χ0n) is 17.4. The smallest absolute Gasteiger partial charge is 0.257 e. The van der Waals surface area contributed by atoms with Crippen LogP contribution in [0.3, 0.4) is 0 Å². The Labute approximate surface area is 180 Å². The average Bonchev–Trinajstić information content (AvgIpc) is 3.07. The molecule has 0 aromatic heterocycles. The molecule has 2 aliphatic heterocycles. The fourth-order valence-corrected chi connectivity index (χ4v) is 3.53. The second-order valence-corrected chi connectivity index (χ2v) is 7.47. The Morgan fingerprint density at radius 3 is 2.81 bits per heavy atom. The van der Waals surface area contributed by atoms with Gasteiger partial charge in [-0.2, -0.15) is 0 Å². The Balaban J connectivity index is 1.44. The van der Waals surface area contributed by atoms with Crippen molar-refractivity contribution in [2.45, 2.75) is 38.3 Å². The van der Waals surface area contributed by atoms with Crippen molar-refractivity contribution < 1.29 is 28.7 Å². The predicted molar refractivity (Wildman–Crippen MR) is 110 cm³/mol. The van der Waals surface area contributed by atoms with Crippen molar-refractivity contribution >= 4 is 23.6 Å². The van der Waals surface area contributed by atoms with Crippen molar-refractivity contribution in [3.63, 3.8) is 0 Å². The van der Waals surface area contributed by atoms with Crippen LogP contribution in [0.5, 0.6) is 5.75 Å². The van der Waals surface area contributed by atoms with Gasteiger partial charge in [-0.1, -0.05) is 0 Å². The summed E-state index contributed by atoms with van der Waals surface area (Å²) in [5, 5.41) is 5.04. The second-order valence-electron chi connectivity index (χ2n) is 7.47. The fourth-order valence-electron chi connectivity index (χ4n) is 3.53. The Kier molecular flexibility index (Phi) is 7.96. The van der Waals surface area contributed by atoms with Crippen LogP contribution in [-0.4, -0.2) is 67.5 Å². The van der Waals surface area contributed by atoms with Crippen LogP contribution in [0.25, 0.3) is 0 Å². The Bertz CT molecular complexity index is 843. The minimum absolute atomic E-state index is 0.141. The number of hydrogen-bond acceptors (Lipinski definition) is 7. The van der Waals surface area contributed by atoms with E-state index in [1.165, 1.54) is 4.90 Å². The number of hydrogen-bond donors (Lipinski definition) is 3. The van der Waals surface area contributed by atoms with Crippen LogP contribution in [0.4, 0.5) is 0 Å². The monoisotopic (exact) mass is 432 g/mol. The van der Waals surface area contributed by atoms with E-state index >= 15 is 0 Å². The molecule has 10 nitrogen and oxygen atoms in total. The van der Waals surface area contributed by atoms with E-state index in [4.69, 9.17) is 15.2 Å². The lowest BCUT2D eigenvalue weighted by molar-refractivity contribution is -0.137. The highest BCUT2D eigenvalue weighted by atomic mass is 16.5. The van der Waals surface area contributed by atoms with Gasteiger partial charge in [-0.25, -0.2) is 0 Å². The molecule has 0 spiro atoms. The van der Waals surface area contributed by atoms with E-state index in [2.05, 4.69) is 10.6 Å². The van der Waals surface area contributed by atoms with Gasteiger partial charge >= 0.3 is 0 Å². The lowest BCUT2D eigenvalue weighted by atomic mass is 10.0. The van der Waals surface area contributed by atoms with Crippen molar-refractivity contribution in [1.82, 2.24) is 15.5 Å². The Morgan fingerprint density at radius 2 is 2.03 bits per heavy atom. The molecule has 1 aromatic rings. The molecule has 1 unspecified atom stereocenters. The van der Waals surface area contributed by atoms with E-state index in [0.29, 0.717) is 50.5 Å². The molecule has 31 heavy (non-hydrogen) atoms. The van der Waals surface area contributed by atoms with Gasteiger partial charge in [0.1, 0.15) is 11.8 Å². The highest BCUT2D eigenvalue weighted by molar-refractivity contribution is 6.05. The zero-order valence-corrected chi connectivity index (χ0v) is 17.4. The van der Waals surface area contributed by atoms with E-state index in [9.17, 15) is 19.2 Å². The number of carbonyl (C=O) groups is 4. The molecule has 168 valence electrons. The summed E-state index contributed by atoms with van der Waals surface area (Å²) in [6, 6.07) is 4.31. The van der Waals surface area contributed by atoms with Crippen LogP contribution in [0, 0.1) is 0 Å². The van der Waals surface area contributed by atoms with Crippen LogP contribution in [0.2, 0.25) is 0 Å². The number of ether oxygens (including phenoxy) is 2. The number of amides is 4. The summed E-state index contributed by atoms with van der Waals surface area (Å²) in [4.78, 5) is 49.5. The summed E-state index contributed by atoms with van der Waals surface area (Å²) < 4.78 is 10.9. The van der Waals surface area contributed by atoms with Crippen molar-refractivity contribution in [1.29, 1.82) is 0 Å². The minimum atomic E-state index is -0.660. The van der Waals surface area contributed by atoms with Gasteiger partial charge in [0, 0.05) is 38.3 Å². The molecule has 1 fully saturated rings. The predicted octanol–water partition coefficient (Wildman–Crippen LogP) is -0.302. The second kappa shape index (κ2) is 10.9. The molecule has 3 rings (SSSR count). The standard InChI is InChI=1S/C21H28N4O6/c22-7-1-9-30-10-2-8-23-19(27)13-31-15-3-4-16-14(11-15)12-25(21(16)29)17-5-6-18(26)24-20(17)28/h3-4,11,17H,1-2,5-10,12-13,22H2,(H,23,27)(H,24,26,28). The van der Waals surface area contributed by atoms with Gasteiger partial charge in [-0.3, -0.25) is 24.5 Å². The molecule has 0 aliphatic carbocycles. The highest BCUT2D eigenvalue weighted by Gasteiger charge is 2.39. The summed E-state index contributed by atoms with van der Waals surface area (Å²) >= 11 is 0. The molecule has 2 heterocycles. The molecular weight excluding hydrogens is 404 g/mol. The number of nitrogens with zero attached hydrogens (tertiary/aromatic N) is 1. The number of rotatable bonds is 11. The molecule has 0 saturated carbocycles. The first kappa shape index (κ1) is 22.7. The third-order valence-corrected chi connectivity index (χ3v) is 5.15. The van der Waals surface area contributed by atoms with Crippen LogP contribution in [-0.2, 0) is 25.7 Å². The van der Waals surface area contributed by atoms with Gasteiger partial charge in [-0.05, 0) is 49.6 Å². The summed E-state index contributed by atoms with van der Waals surface area (Å²) in [7, 11) is 0. The minimum Gasteiger partial charge on any atom is -0.484 e. The summed E-state index contributed by atoms with van der Waals surface area (Å²) in [6.45, 7) is 2.38. The van der Waals surface area contributed by atoms with Gasteiger partial charge in [0.2, 0.25) is 11.8 Å². The van der Waals surface area contributed by atoms with Crippen molar-refractivity contribution in [3.05, 3.63) is 29.3 Å². The number of benzene rings is 1. The first-order chi connectivity index (χ1) is 15.0. The van der Waals surface area contributed by atoms with E-state index in [0.717, 1.165) is 12.0 Å². The SMILES string of the molecule is NCCCOCCCNC(=O)COc1ccc2c(c1)CN(C1CCC(=O)NC1=O)C2=O. The van der Waals surface area contributed by atoms with Crippen molar-refractivity contribution in [2.75, 3.05) is 32.9 Å². The Morgan fingerprint density at radius 1 is 1.23 bits per heavy atom. The number of fused-ring (bicyclic) bond motifs is 1. The molecule has 1 atom stereocenters. The van der Waals surface area contributed by atoms with Gasteiger partial charge in [0.25, 0.3) is 11.8 Å². The zero-order chi connectivity index (χ0) is 22.2. The van der Waals surface area contributed by atoms with Crippen LogP contribution in [0.15, 0.2) is 18.2 Å². The summed E-state index contributed by atoms with van der Waals surface area (Å²) in [5.41, 5.74) is 6.60. The van der Waals surface area contributed by atoms with E-state index in [1.54, 1.807) is 18.2 Å². The third kappa shape index (κ3) is 6.02. The largest absolute Gasteiger partial charge is 0.484 e. The van der Waals surface area contributed by atoms with E-state index in [1.807, 2.05) is 0 Å². The number of nitrogens with one attached hydrogen (secondary N) is 2. The lowest BCUT2D eigenvalue weighted by Crippen LogP contribution is -2.52. The highest BCUT2D eigenvalue weighted by Crippen LogP contribution is 2.30. The summed E-state index contributed by atoms with van der Waals surface area (Å²) in [5.74, 6) is -0.794. The molecule has 1 saturated heterocycles.